The molecule has 16 heavy (non-hydrogen) atoms. The Bertz CT molecular complexity index is 435. The van der Waals surface area contributed by atoms with Crippen LogP contribution in [0.4, 0.5) is 0 Å². The SMILES string of the molecule is CCC1CCc2occ(CO)c(=O)c2C1O. The van der Waals surface area contributed by atoms with E-state index in [-0.39, 0.29) is 23.5 Å². The lowest BCUT2D eigenvalue weighted by molar-refractivity contribution is 0.0833. The van der Waals surface area contributed by atoms with Gasteiger partial charge in [0, 0.05) is 6.42 Å². The maximum Gasteiger partial charge on any atom is 0.196 e. The van der Waals surface area contributed by atoms with Crippen LogP contribution in [0, 0.1) is 5.92 Å². The number of hydrogen-bond acceptors (Lipinski definition) is 4. The van der Waals surface area contributed by atoms with Gasteiger partial charge in [0.05, 0.1) is 30.1 Å². The van der Waals surface area contributed by atoms with Crippen LogP contribution < -0.4 is 5.43 Å². The molecule has 0 aromatic carbocycles. The molecule has 2 rings (SSSR count). The number of rotatable bonds is 2. The van der Waals surface area contributed by atoms with Gasteiger partial charge in [0.15, 0.2) is 5.43 Å². The highest BCUT2D eigenvalue weighted by atomic mass is 16.3. The normalized spacial score (nSPS) is 24.2. The van der Waals surface area contributed by atoms with E-state index in [1.807, 2.05) is 6.92 Å². The predicted molar refractivity (Wildman–Crippen MR) is 58.0 cm³/mol. The maximum atomic E-state index is 11.9. The van der Waals surface area contributed by atoms with E-state index >= 15 is 0 Å². The number of aliphatic hydroxyl groups excluding tert-OH is 2. The van der Waals surface area contributed by atoms with Gasteiger partial charge in [-0.05, 0) is 12.3 Å². The minimum Gasteiger partial charge on any atom is -0.468 e. The van der Waals surface area contributed by atoms with E-state index in [0.717, 1.165) is 12.8 Å². The largest absolute Gasteiger partial charge is 0.468 e. The van der Waals surface area contributed by atoms with Crippen LogP contribution in [0.25, 0.3) is 0 Å². The van der Waals surface area contributed by atoms with Gasteiger partial charge in [0.2, 0.25) is 0 Å². The van der Waals surface area contributed by atoms with Crippen LogP contribution in [0.5, 0.6) is 0 Å². The van der Waals surface area contributed by atoms with Crippen LogP contribution in [0.3, 0.4) is 0 Å². The number of aryl methyl sites for hydroxylation is 1. The zero-order valence-corrected chi connectivity index (χ0v) is 9.27. The van der Waals surface area contributed by atoms with E-state index in [0.29, 0.717) is 17.7 Å². The Labute approximate surface area is 93.5 Å². The summed E-state index contributed by atoms with van der Waals surface area (Å²) < 4.78 is 5.30. The average Bonchev–Trinajstić information content (AvgIpc) is 2.30. The Morgan fingerprint density at radius 3 is 2.94 bits per heavy atom. The molecular weight excluding hydrogens is 208 g/mol. The molecular formula is C12H16O4. The third kappa shape index (κ3) is 1.68. The van der Waals surface area contributed by atoms with Crippen molar-refractivity contribution in [1.82, 2.24) is 0 Å². The lowest BCUT2D eigenvalue weighted by atomic mass is 9.82. The van der Waals surface area contributed by atoms with E-state index in [2.05, 4.69) is 0 Å². The van der Waals surface area contributed by atoms with Crippen molar-refractivity contribution >= 4 is 0 Å². The Morgan fingerprint density at radius 1 is 1.56 bits per heavy atom. The van der Waals surface area contributed by atoms with Crippen molar-refractivity contribution in [3.05, 3.63) is 33.4 Å². The van der Waals surface area contributed by atoms with E-state index in [1.54, 1.807) is 0 Å². The van der Waals surface area contributed by atoms with Crippen molar-refractivity contribution in [2.24, 2.45) is 5.92 Å². The van der Waals surface area contributed by atoms with E-state index < -0.39 is 6.10 Å². The summed E-state index contributed by atoms with van der Waals surface area (Å²) in [5.41, 5.74) is 0.300. The molecule has 4 heteroatoms. The van der Waals surface area contributed by atoms with Crippen LogP contribution in [-0.2, 0) is 13.0 Å². The molecule has 0 saturated heterocycles. The Kier molecular flexibility index (Phi) is 3.12. The predicted octanol–water partition coefficient (Wildman–Crippen LogP) is 1.14. The number of aliphatic hydroxyl groups is 2. The first-order chi connectivity index (χ1) is 7.69. The van der Waals surface area contributed by atoms with Gasteiger partial charge in [-0.15, -0.1) is 0 Å². The van der Waals surface area contributed by atoms with Crippen LogP contribution in [-0.4, -0.2) is 10.2 Å². The van der Waals surface area contributed by atoms with Crippen molar-refractivity contribution < 1.29 is 14.6 Å². The first-order valence-electron chi connectivity index (χ1n) is 5.61. The second kappa shape index (κ2) is 4.39. The fourth-order valence-corrected chi connectivity index (χ4v) is 2.30. The monoisotopic (exact) mass is 224 g/mol. The number of hydrogen-bond donors (Lipinski definition) is 2. The third-order valence-corrected chi connectivity index (χ3v) is 3.36. The Balaban J connectivity index is 2.52. The molecule has 0 amide bonds. The highest BCUT2D eigenvalue weighted by molar-refractivity contribution is 5.27. The first kappa shape index (κ1) is 11.4. The summed E-state index contributed by atoms with van der Waals surface area (Å²) in [4.78, 5) is 11.9. The highest BCUT2D eigenvalue weighted by Gasteiger charge is 2.31. The van der Waals surface area contributed by atoms with Gasteiger partial charge in [-0.1, -0.05) is 13.3 Å². The lowest BCUT2D eigenvalue weighted by Crippen LogP contribution is -2.28. The molecule has 0 spiro atoms. The smallest absolute Gasteiger partial charge is 0.196 e. The molecule has 1 aliphatic carbocycles. The molecule has 1 aliphatic rings. The zero-order chi connectivity index (χ0) is 11.7. The van der Waals surface area contributed by atoms with E-state index in [9.17, 15) is 9.90 Å². The van der Waals surface area contributed by atoms with Crippen LogP contribution >= 0.6 is 0 Å². The second-order valence-electron chi connectivity index (χ2n) is 4.24. The molecule has 0 saturated carbocycles. The second-order valence-corrected chi connectivity index (χ2v) is 4.24. The maximum absolute atomic E-state index is 11.9. The lowest BCUT2D eigenvalue weighted by Gasteiger charge is -2.27. The average molecular weight is 224 g/mol. The van der Waals surface area contributed by atoms with Gasteiger partial charge in [-0.3, -0.25) is 4.79 Å². The van der Waals surface area contributed by atoms with Gasteiger partial charge < -0.3 is 14.6 Å². The summed E-state index contributed by atoms with van der Waals surface area (Å²) in [6.45, 7) is 1.65. The highest BCUT2D eigenvalue weighted by Crippen LogP contribution is 2.34. The van der Waals surface area contributed by atoms with Gasteiger partial charge in [-0.2, -0.15) is 0 Å². The molecule has 1 aromatic heterocycles. The fourth-order valence-electron chi connectivity index (χ4n) is 2.30. The molecule has 0 aliphatic heterocycles. The van der Waals surface area contributed by atoms with Crippen molar-refractivity contribution in [3.8, 4) is 0 Å². The minimum atomic E-state index is -0.753. The van der Waals surface area contributed by atoms with Crippen LogP contribution in [0.2, 0.25) is 0 Å². The van der Waals surface area contributed by atoms with Gasteiger partial charge in [-0.25, -0.2) is 0 Å². The van der Waals surface area contributed by atoms with Crippen molar-refractivity contribution in [2.45, 2.75) is 38.9 Å². The van der Waals surface area contributed by atoms with Crippen molar-refractivity contribution in [1.29, 1.82) is 0 Å². The topological polar surface area (TPSA) is 70.7 Å². The third-order valence-electron chi connectivity index (χ3n) is 3.36. The van der Waals surface area contributed by atoms with E-state index in [4.69, 9.17) is 9.52 Å². The zero-order valence-electron chi connectivity index (χ0n) is 9.27. The summed E-state index contributed by atoms with van der Waals surface area (Å²) >= 11 is 0. The van der Waals surface area contributed by atoms with Gasteiger partial charge in [0.1, 0.15) is 5.76 Å². The summed E-state index contributed by atoms with van der Waals surface area (Å²) in [6, 6.07) is 0. The molecule has 1 aromatic rings. The van der Waals surface area contributed by atoms with Crippen LogP contribution in [0.15, 0.2) is 15.5 Å². The molecule has 1 heterocycles. The fraction of sp³-hybridized carbons (Fsp3) is 0.583. The summed E-state index contributed by atoms with van der Waals surface area (Å²) in [7, 11) is 0. The molecule has 0 fully saturated rings. The van der Waals surface area contributed by atoms with Crippen molar-refractivity contribution in [2.75, 3.05) is 0 Å². The van der Waals surface area contributed by atoms with Gasteiger partial charge >= 0.3 is 0 Å². The number of fused-ring (bicyclic) bond motifs is 1. The quantitative estimate of drug-likeness (QED) is 0.790. The summed E-state index contributed by atoms with van der Waals surface area (Å²) in [5.74, 6) is 0.684. The molecule has 88 valence electrons. The molecule has 0 radical (unpaired) electrons. The van der Waals surface area contributed by atoms with Gasteiger partial charge in [0.25, 0.3) is 0 Å². The van der Waals surface area contributed by atoms with Crippen molar-refractivity contribution in [3.63, 3.8) is 0 Å². The Hall–Kier alpha value is -1.13. The molecule has 4 nitrogen and oxygen atoms in total. The standard InChI is InChI=1S/C12H16O4/c1-2-7-3-4-9-10(11(7)14)12(15)8(5-13)6-16-9/h6-7,11,13-14H,2-5H2,1H3. The first-order valence-corrected chi connectivity index (χ1v) is 5.61. The summed E-state index contributed by atoms with van der Waals surface area (Å²) in [6.07, 6.45) is 2.90. The summed E-state index contributed by atoms with van der Waals surface area (Å²) in [5, 5.41) is 19.1. The minimum absolute atomic E-state index is 0.115. The molecule has 2 atom stereocenters. The molecule has 2 unspecified atom stereocenters. The molecule has 0 bridgehead atoms. The van der Waals surface area contributed by atoms with Crippen LogP contribution in [0.1, 0.15) is 42.8 Å². The molecule has 2 N–H and O–H groups in total. The van der Waals surface area contributed by atoms with E-state index in [1.165, 1.54) is 6.26 Å². The Morgan fingerprint density at radius 2 is 2.31 bits per heavy atom.